The largest absolute Gasteiger partial charge is 0.379 e. The molecule has 20 heavy (non-hydrogen) atoms. The topological polar surface area (TPSA) is 59.4 Å². The third kappa shape index (κ3) is 4.77. The van der Waals surface area contributed by atoms with Crippen molar-refractivity contribution in [2.75, 3.05) is 39.6 Å². The van der Waals surface area contributed by atoms with Gasteiger partial charge in [0.2, 0.25) is 0 Å². The first-order valence-corrected chi connectivity index (χ1v) is 6.84. The lowest BCUT2D eigenvalue weighted by molar-refractivity contribution is 0.0344. The van der Waals surface area contributed by atoms with E-state index in [4.69, 9.17) is 16.3 Å². The van der Waals surface area contributed by atoms with Crippen LogP contribution in [0.15, 0.2) is 11.0 Å². The quantitative estimate of drug-likeness (QED) is 0.822. The fraction of sp³-hybridized carbons (Fsp3) is 0.692. The Kier molecular flexibility index (Phi) is 5.98. The van der Waals surface area contributed by atoms with E-state index in [9.17, 15) is 4.79 Å². The number of hydrogen-bond donors (Lipinski definition) is 1. The van der Waals surface area contributed by atoms with E-state index in [0.29, 0.717) is 18.8 Å². The van der Waals surface area contributed by atoms with Crippen LogP contribution in [-0.2, 0) is 11.3 Å². The van der Waals surface area contributed by atoms with Crippen molar-refractivity contribution in [1.29, 1.82) is 0 Å². The fourth-order valence-electron chi connectivity index (χ4n) is 1.42. The van der Waals surface area contributed by atoms with Gasteiger partial charge in [0.1, 0.15) is 5.02 Å². The number of aromatic nitrogens is 2. The van der Waals surface area contributed by atoms with Crippen LogP contribution in [0.5, 0.6) is 0 Å². The highest BCUT2D eigenvalue weighted by Gasteiger charge is 2.17. The van der Waals surface area contributed by atoms with Crippen molar-refractivity contribution in [3.05, 3.63) is 21.6 Å². The van der Waals surface area contributed by atoms with Crippen LogP contribution in [0.4, 0.5) is 5.69 Å². The standard InChI is InChI=1S/C13H23ClN4O2/c1-13(2,20-5)9-15-10-8-16-18(7-6-17(3)4)12(19)11(10)14/h8,15H,6-7,9H2,1-5H3. The van der Waals surface area contributed by atoms with Gasteiger partial charge in [0.05, 0.1) is 24.0 Å². The Morgan fingerprint density at radius 3 is 2.70 bits per heavy atom. The van der Waals surface area contributed by atoms with Gasteiger partial charge in [0.15, 0.2) is 0 Å². The van der Waals surface area contributed by atoms with E-state index in [0.717, 1.165) is 6.54 Å². The molecule has 0 fully saturated rings. The predicted molar refractivity (Wildman–Crippen MR) is 81.6 cm³/mol. The molecule has 0 saturated carbocycles. The summed E-state index contributed by atoms with van der Waals surface area (Å²) in [5.41, 5.74) is -0.0972. The van der Waals surface area contributed by atoms with Gasteiger partial charge in [0.25, 0.3) is 5.56 Å². The van der Waals surface area contributed by atoms with Crippen molar-refractivity contribution in [3.8, 4) is 0 Å². The van der Waals surface area contributed by atoms with Gasteiger partial charge in [-0.1, -0.05) is 11.6 Å². The number of rotatable bonds is 7. The highest BCUT2D eigenvalue weighted by atomic mass is 35.5. The molecule has 0 radical (unpaired) electrons. The molecular formula is C13H23ClN4O2. The number of nitrogens with zero attached hydrogens (tertiary/aromatic N) is 3. The molecule has 0 aliphatic carbocycles. The number of ether oxygens (including phenoxy) is 1. The number of anilines is 1. The van der Waals surface area contributed by atoms with Gasteiger partial charge in [-0.2, -0.15) is 5.10 Å². The third-order valence-corrected chi connectivity index (χ3v) is 3.37. The van der Waals surface area contributed by atoms with E-state index in [1.807, 2.05) is 32.8 Å². The summed E-state index contributed by atoms with van der Waals surface area (Å²) in [6, 6.07) is 0. The van der Waals surface area contributed by atoms with Crippen LogP contribution >= 0.6 is 11.6 Å². The van der Waals surface area contributed by atoms with Crippen LogP contribution in [0.1, 0.15) is 13.8 Å². The lowest BCUT2D eigenvalue weighted by atomic mass is 10.1. The highest BCUT2D eigenvalue weighted by molar-refractivity contribution is 6.32. The zero-order chi connectivity index (χ0) is 15.3. The number of hydrogen-bond acceptors (Lipinski definition) is 5. The number of halogens is 1. The van der Waals surface area contributed by atoms with E-state index < -0.39 is 0 Å². The van der Waals surface area contributed by atoms with Crippen molar-refractivity contribution in [3.63, 3.8) is 0 Å². The summed E-state index contributed by atoms with van der Waals surface area (Å²) in [6.45, 7) is 5.66. The van der Waals surface area contributed by atoms with Crippen LogP contribution in [0.2, 0.25) is 5.02 Å². The fourth-order valence-corrected chi connectivity index (χ4v) is 1.64. The van der Waals surface area contributed by atoms with Crippen LogP contribution in [0, 0.1) is 0 Å². The average Bonchev–Trinajstić information content (AvgIpc) is 2.39. The van der Waals surface area contributed by atoms with E-state index >= 15 is 0 Å². The molecule has 0 spiro atoms. The Bertz CT molecular complexity index is 500. The Hall–Kier alpha value is -1.11. The van der Waals surface area contributed by atoms with Crippen LogP contribution in [-0.4, -0.2) is 54.6 Å². The molecule has 1 aromatic heterocycles. The first-order chi connectivity index (χ1) is 9.26. The van der Waals surface area contributed by atoms with Crippen molar-refractivity contribution in [2.24, 2.45) is 0 Å². The third-order valence-electron chi connectivity index (χ3n) is 3.00. The Balaban J connectivity index is 2.81. The lowest BCUT2D eigenvalue weighted by Gasteiger charge is -2.24. The summed E-state index contributed by atoms with van der Waals surface area (Å²) in [4.78, 5) is 14.1. The van der Waals surface area contributed by atoms with Crippen molar-refractivity contribution in [1.82, 2.24) is 14.7 Å². The van der Waals surface area contributed by atoms with E-state index in [2.05, 4.69) is 10.4 Å². The molecule has 1 heterocycles. The summed E-state index contributed by atoms with van der Waals surface area (Å²) in [5.74, 6) is 0. The molecule has 0 atom stereocenters. The monoisotopic (exact) mass is 302 g/mol. The molecule has 7 heteroatoms. The van der Waals surface area contributed by atoms with Gasteiger partial charge in [-0.15, -0.1) is 0 Å². The van der Waals surface area contributed by atoms with E-state index in [1.165, 1.54) is 4.68 Å². The van der Waals surface area contributed by atoms with Gasteiger partial charge >= 0.3 is 0 Å². The minimum atomic E-state index is -0.344. The Morgan fingerprint density at radius 2 is 2.15 bits per heavy atom. The second kappa shape index (κ2) is 7.06. The number of methoxy groups -OCH3 is 1. The number of nitrogens with one attached hydrogen (secondary N) is 1. The maximum absolute atomic E-state index is 12.1. The molecule has 0 unspecified atom stereocenters. The molecule has 0 aromatic carbocycles. The zero-order valence-electron chi connectivity index (χ0n) is 12.7. The zero-order valence-corrected chi connectivity index (χ0v) is 13.5. The van der Waals surface area contributed by atoms with E-state index in [1.54, 1.807) is 13.3 Å². The van der Waals surface area contributed by atoms with Gasteiger partial charge in [-0.05, 0) is 27.9 Å². The average molecular weight is 303 g/mol. The summed E-state index contributed by atoms with van der Waals surface area (Å²) in [7, 11) is 5.52. The molecule has 0 bridgehead atoms. The SMILES string of the molecule is COC(C)(C)CNc1cnn(CCN(C)C)c(=O)c1Cl. The van der Waals surface area contributed by atoms with E-state index in [-0.39, 0.29) is 16.2 Å². The second-order valence-corrected chi connectivity index (χ2v) is 5.90. The molecule has 114 valence electrons. The van der Waals surface area contributed by atoms with Crippen molar-refractivity contribution >= 4 is 17.3 Å². The molecule has 0 aliphatic heterocycles. The minimum Gasteiger partial charge on any atom is -0.379 e. The molecule has 1 N–H and O–H groups in total. The summed E-state index contributed by atoms with van der Waals surface area (Å²) >= 11 is 6.10. The van der Waals surface area contributed by atoms with Crippen LogP contribution < -0.4 is 10.9 Å². The smallest absolute Gasteiger partial charge is 0.287 e. The molecule has 0 amide bonds. The van der Waals surface area contributed by atoms with Gasteiger partial charge in [-0.3, -0.25) is 4.79 Å². The molecule has 6 nitrogen and oxygen atoms in total. The lowest BCUT2D eigenvalue weighted by Crippen LogP contribution is -2.33. The summed E-state index contributed by atoms with van der Waals surface area (Å²) < 4.78 is 6.67. The van der Waals surface area contributed by atoms with Crippen LogP contribution in [0.25, 0.3) is 0 Å². The first-order valence-electron chi connectivity index (χ1n) is 6.46. The molecular weight excluding hydrogens is 280 g/mol. The molecule has 0 aliphatic rings. The molecule has 1 rings (SSSR count). The Morgan fingerprint density at radius 1 is 1.50 bits per heavy atom. The maximum atomic E-state index is 12.1. The molecule has 1 aromatic rings. The van der Waals surface area contributed by atoms with Gasteiger partial charge in [0, 0.05) is 20.2 Å². The number of likely N-dealkylation sites (N-methyl/N-ethyl adjacent to an activating group) is 1. The normalized spacial score (nSPS) is 11.9. The highest BCUT2D eigenvalue weighted by Crippen LogP contribution is 2.17. The summed E-state index contributed by atoms with van der Waals surface area (Å²) in [6.07, 6.45) is 1.57. The van der Waals surface area contributed by atoms with Crippen LogP contribution in [0.3, 0.4) is 0 Å². The first kappa shape index (κ1) is 16.9. The maximum Gasteiger partial charge on any atom is 0.287 e. The second-order valence-electron chi connectivity index (χ2n) is 5.52. The molecule has 0 saturated heterocycles. The van der Waals surface area contributed by atoms with Gasteiger partial charge in [-0.25, -0.2) is 4.68 Å². The van der Waals surface area contributed by atoms with Crippen molar-refractivity contribution < 1.29 is 4.74 Å². The minimum absolute atomic E-state index is 0.158. The summed E-state index contributed by atoms with van der Waals surface area (Å²) in [5, 5.41) is 7.38. The van der Waals surface area contributed by atoms with Gasteiger partial charge < -0.3 is 15.0 Å². The van der Waals surface area contributed by atoms with Crippen molar-refractivity contribution in [2.45, 2.75) is 26.0 Å². The Labute approximate surface area is 124 Å². The predicted octanol–water partition coefficient (Wildman–Crippen LogP) is 1.30.